The van der Waals surface area contributed by atoms with E-state index < -0.39 is 11.9 Å². The number of aromatic nitrogens is 4. The van der Waals surface area contributed by atoms with E-state index in [1.54, 1.807) is 24.3 Å². The SMILES string of the molecule is Cn1nc(C(F)(F)F)cc1-c1ccccc1-c1nc(N)nc(N)c1C#N. The molecule has 2 heterocycles. The lowest BCUT2D eigenvalue weighted by Crippen LogP contribution is -2.06. The minimum absolute atomic E-state index is 0.00939. The van der Waals surface area contributed by atoms with E-state index in [1.807, 2.05) is 6.07 Å². The van der Waals surface area contributed by atoms with Crippen LogP contribution in [0.2, 0.25) is 0 Å². The third kappa shape index (κ3) is 2.90. The zero-order chi connectivity index (χ0) is 19.1. The van der Waals surface area contributed by atoms with Crippen LogP contribution in [-0.2, 0) is 13.2 Å². The minimum Gasteiger partial charge on any atom is -0.382 e. The molecule has 10 heteroatoms. The largest absolute Gasteiger partial charge is 0.435 e. The van der Waals surface area contributed by atoms with E-state index in [1.165, 1.54) is 7.05 Å². The molecule has 3 rings (SSSR count). The van der Waals surface area contributed by atoms with Crippen LogP contribution >= 0.6 is 0 Å². The van der Waals surface area contributed by atoms with Crippen LogP contribution in [0.4, 0.5) is 24.9 Å². The molecule has 0 atom stereocenters. The average Bonchev–Trinajstić information content (AvgIpc) is 2.96. The second-order valence-electron chi connectivity index (χ2n) is 5.38. The molecular formula is C16H12F3N7. The molecule has 0 amide bonds. The fraction of sp³-hybridized carbons (Fsp3) is 0.125. The maximum absolute atomic E-state index is 13.0. The van der Waals surface area contributed by atoms with Gasteiger partial charge in [-0.05, 0) is 6.07 Å². The van der Waals surface area contributed by atoms with Gasteiger partial charge in [0.25, 0.3) is 0 Å². The molecule has 2 aromatic heterocycles. The highest BCUT2D eigenvalue weighted by atomic mass is 19.4. The molecule has 0 aliphatic heterocycles. The summed E-state index contributed by atoms with van der Waals surface area (Å²) in [6.45, 7) is 0. The predicted octanol–water partition coefficient (Wildman–Crippen LogP) is 2.60. The van der Waals surface area contributed by atoms with Crippen molar-refractivity contribution in [1.29, 1.82) is 5.26 Å². The van der Waals surface area contributed by atoms with Crippen molar-refractivity contribution < 1.29 is 13.2 Å². The van der Waals surface area contributed by atoms with Crippen molar-refractivity contribution in [3.63, 3.8) is 0 Å². The van der Waals surface area contributed by atoms with Gasteiger partial charge in [-0.2, -0.15) is 28.5 Å². The third-order valence-electron chi connectivity index (χ3n) is 3.69. The van der Waals surface area contributed by atoms with Crippen molar-refractivity contribution in [2.45, 2.75) is 6.18 Å². The Morgan fingerprint density at radius 1 is 1.12 bits per heavy atom. The molecule has 7 nitrogen and oxygen atoms in total. The molecular weight excluding hydrogens is 347 g/mol. The van der Waals surface area contributed by atoms with Crippen molar-refractivity contribution in [1.82, 2.24) is 19.7 Å². The molecule has 26 heavy (non-hydrogen) atoms. The molecule has 1 aromatic carbocycles. The maximum Gasteiger partial charge on any atom is 0.435 e. The number of nitrogens with zero attached hydrogens (tertiary/aromatic N) is 5. The van der Waals surface area contributed by atoms with Crippen molar-refractivity contribution in [2.75, 3.05) is 11.5 Å². The highest BCUT2D eigenvalue weighted by Gasteiger charge is 2.35. The van der Waals surface area contributed by atoms with Crippen LogP contribution in [0, 0.1) is 11.3 Å². The smallest absolute Gasteiger partial charge is 0.382 e. The summed E-state index contributed by atoms with van der Waals surface area (Å²) in [6, 6.07) is 9.36. The van der Waals surface area contributed by atoms with Gasteiger partial charge in [-0.1, -0.05) is 24.3 Å². The van der Waals surface area contributed by atoms with Gasteiger partial charge in [0, 0.05) is 18.2 Å². The van der Waals surface area contributed by atoms with E-state index in [-0.39, 0.29) is 28.7 Å². The molecule has 0 unspecified atom stereocenters. The number of hydrogen-bond acceptors (Lipinski definition) is 6. The fourth-order valence-corrected chi connectivity index (χ4v) is 2.57. The van der Waals surface area contributed by atoms with E-state index in [0.717, 1.165) is 10.7 Å². The van der Waals surface area contributed by atoms with Gasteiger partial charge < -0.3 is 11.5 Å². The number of halogens is 3. The van der Waals surface area contributed by atoms with Gasteiger partial charge in [0.15, 0.2) is 5.69 Å². The number of nitrogen functional groups attached to an aromatic ring is 2. The third-order valence-corrected chi connectivity index (χ3v) is 3.69. The molecule has 132 valence electrons. The van der Waals surface area contributed by atoms with Crippen LogP contribution in [0.15, 0.2) is 30.3 Å². The van der Waals surface area contributed by atoms with Crippen LogP contribution in [0.25, 0.3) is 22.5 Å². The zero-order valence-electron chi connectivity index (χ0n) is 13.4. The Kier molecular flexibility index (Phi) is 4.00. The lowest BCUT2D eigenvalue weighted by Gasteiger charge is -2.12. The second kappa shape index (κ2) is 6.03. The van der Waals surface area contributed by atoms with E-state index in [0.29, 0.717) is 11.1 Å². The number of nitrogens with two attached hydrogens (primary N) is 2. The summed E-state index contributed by atoms with van der Waals surface area (Å²) < 4.78 is 40.0. The number of nitriles is 1. The maximum atomic E-state index is 13.0. The van der Waals surface area contributed by atoms with Crippen LogP contribution in [0.3, 0.4) is 0 Å². The first-order valence-electron chi connectivity index (χ1n) is 7.26. The predicted molar refractivity (Wildman–Crippen MR) is 88.2 cm³/mol. The summed E-state index contributed by atoms with van der Waals surface area (Å²) >= 11 is 0. The van der Waals surface area contributed by atoms with Crippen molar-refractivity contribution in [3.05, 3.63) is 41.6 Å². The summed E-state index contributed by atoms with van der Waals surface area (Å²) in [5.41, 5.74) is 11.5. The molecule has 0 saturated heterocycles. The Morgan fingerprint density at radius 2 is 1.77 bits per heavy atom. The molecule has 0 aliphatic carbocycles. The molecule has 0 spiro atoms. The first kappa shape index (κ1) is 17.2. The van der Waals surface area contributed by atoms with E-state index in [4.69, 9.17) is 11.5 Å². The van der Waals surface area contributed by atoms with Crippen molar-refractivity contribution in [3.8, 4) is 28.6 Å². The van der Waals surface area contributed by atoms with Gasteiger partial charge in [0.2, 0.25) is 5.95 Å². The quantitative estimate of drug-likeness (QED) is 0.726. The summed E-state index contributed by atoms with van der Waals surface area (Å²) in [5.74, 6) is -0.252. The second-order valence-corrected chi connectivity index (χ2v) is 5.38. The molecule has 0 fully saturated rings. The Bertz CT molecular complexity index is 1030. The van der Waals surface area contributed by atoms with E-state index in [2.05, 4.69) is 15.1 Å². The summed E-state index contributed by atoms with van der Waals surface area (Å²) in [7, 11) is 1.40. The normalized spacial score (nSPS) is 11.3. The van der Waals surface area contributed by atoms with Crippen LogP contribution in [-0.4, -0.2) is 19.7 Å². The molecule has 0 aliphatic rings. The van der Waals surface area contributed by atoms with Gasteiger partial charge in [0.1, 0.15) is 17.5 Å². The van der Waals surface area contributed by atoms with Crippen LogP contribution < -0.4 is 11.5 Å². The lowest BCUT2D eigenvalue weighted by molar-refractivity contribution is -0.141. The Morgan fingerprint density at radius 3 is 2.35 bits per heavy atom. The van der Waals surface area contributed by atoms with Gasteiger partial charge in [-0.15, -0.1) is 0 Å². The lowest BCUT2D eigenvalue weighted by atomic mass is 9.98. The topological polar surface area (TPSA) is 119 Å². The number of alkyl halides is 3. The first-order chi connectivity index (χ1) is 12.2. The Hall–Kier alpha value is -3.61. The molecule has 0 bridgehead atoms. The van der Waals surface area contributed by atoms with Crippen LogP contribution in [0.5, 0.6) is 0 Å². The minimum atomic E-state index is -4.58. The highest BCUT2D eigenvalue weighted by Crippen LogP contribution is 2.36. The number of rotatable bonds is 2. The number of benzene rings is 1. The van der Waals surface area contributed by atoms with Crippen molar-refractivity contribution >= 4 is 11.8 Å². The molecule has 3 aromatic rings. The summed E-state index contributed by atoms with van der Waals surface area (Å²) in [4.78, 5) is 7.80. The van der Waals surface area contributed by atoms with Crippen LogP contribution in [0.1, 0.15) is 11.3 Å². The first-order valence-corrected chi connectivity index (χ1v) is 7.26. The fourth-order valence-electron chi connectivity index (χ4n) is 2.57. The van der Waals surface area contributed by atoms with Gasteiger partial charge in [0.05, 0.1) is 11.4 Å². The van der Waals surface area contributed by atoms with E-state index >= 15 is 0 Å². The highest BCUT2D eigenvalue weighted by molar-refractivity contribution is 5.85. The van der Waals surface area contributed by atoms with E-state index in [9.17, 15) is 18.4 Å². The monoisotopic (exact) mass is 359 g/mol. The number of aryl methyl sites for hydroxylation is 1. The Balaban J connectivity index is 2.28. The average molecular weight is 359 g/mol. The standard InChI is InChI=1S/C16H12F3N7/c1-26-11(6-12(25-26)16(17,18)19)8-4-2-3-5-9(8)13-10(7-20)14(21)24-15(22)23-13/h2-6H,1H3,(H4,21,22,23,24). The number of anilines is 2. The number of hydrogen-bond donors (Lipinski definition) is 2. The molecule has 0 radical (unpaired) electrons. The summed E-state index contributed by atoms with van der Waals surface area (Å²) in [5, 5.41) is 12.9. The van der Waals surface area contributed by atoms with Crippen molar-refractivity contribution in [2.24, 2.45) is 7.05 Å². The van der Waals surface area contributed by atoms with Gasteiger partial charge >= 0.3 is 6.18 Å². The Labute approximate surface area is 145 Å². The summed E-state index contributed by atoms with van der Waals surface area (Å²) in [6.07, 6.45) is -4.58. The zero-order valence-corrected chi connectivity index (χ0v) is 13.4. The van der Waals surface area contributed by atoms with Gasteiger partial charge in [-0.3, -0.25) is 4.68 Å². The molecule has 4 N–H and O–H groups in total. The van der Waals surface area contributed by atoms with Gasteiger partial charge in [-0.25, -0.2) is 4.98 Å². The molecule has 0 saturated carbocycles.